The van der Waals surface area contributed by atoms with E-state index in [4.69, 9.17) is 9.84 Å². The summed E-state index contributed by atoms with van der Waals surface area (Å²) < 4.78 is 41.8. The highest BCUT2D eigenvalue weighted by atomic mass is 19.4. The van der Waals surface area contributed by atoms with Crippen LogP contribution in [0.2, 0.25) is 0 Å². The first-order chi connectivity index (χ1) is 14.2. The molecule has 3 rings (SSSR count). The van der Waals surface area contributed by atoms with E-state index in [1.54, 1.807) is 12.1 Å². The third kappa shape index (κ3) is 4.86. The van der Waals surface area contributed by atoms with Gasteiger partial charge in [0.1, 0.15) is 5.75 Å². The standard InChI is InChI=1S/C21H16F3NO5/c22-21(23,24)10-1-11-30-15-7-8-16-17(12-15)20(29)25(19(16)28)14-5-2-13(3-6-14)4-9-18(26)27/h2-9,12H,1,10-11H2,(H,26,27). The second-order valence-corrected chi connectivity index (χ2v) is 6.48. The molecule has 0 spiro atoms. The van der Waals surface area contributed by atoms with Gasteiger partial charge < -0.3 is 9.84 Å². The lowest BCUT2D eigenvalue weighted by Gasteiger charge is -2.13. The topological polar surface area (TPSA) is 83.9 Å². The SMILES string of the molecule is O=C(O)C=Cc1ccc(N2C(=O)c3ccc(OCCCC(F)(F)F)cc3C2=O)cc1. The molecule has 30 heavy (non-hydrogen) atoms. The highest BCUT2D eigenvalue weighted by Gasteiger charge is 2.37. The first-order valence-corrected chi connectivity index (χ1v) is 8.89. The Morgan fingerprint density at radius 2 is 1.70 bits per heavy atom. The lowest BCUT2D eigenvalue weighted by atomic mass is 10.1. The van der Waals surface area contributed by atoms with Crippen LogP contribution in [0, 0.1) is 0 Å². The lowest BCUT2D eigenvalue weighted by molar-refractivity contribution is -0.136. The van der Waals surface area contributed by atoms with E-state index in [2.05, 4.69) is 0 Å². The molecular formula is C21H16F3NO5. The summed E-state index contributed by atoms with van der Waals surface area (Å²) in [5.74, 6) is -2.01. The number of carbonyl (C=O) groups is 3. The second kappa shape index (κ2) is 8.40. The summed E-state index contributed by atoms with van der Waals surface area (Å²) >= 11 is 0. The third-order valence-corrected chi connectivity index (χ3v) is 4.30. The van der Waals surface area contributed by atoms with E-state index in [9.17, 15) is 27.6 Å². The molecule has 1 aliphatic heterocycles. The number of alkyl halides is 3. The van der Waals surface area contributed by atoms with Crippen LogP contribution in [0.25, 0.3) is 6.08 Å². The number of halogens is 3. The minimum atomic E-state index is -4.26. The Hall–Kier alpha value is -3.62. The number of carboxylic acid groups (broad SMARTS) is 1. The number of fused-ring (bicyclic) bond motifs is 1. The zero-order valence-corrected chi connectivity index (χ0v) is 15.5. The number of nitrogens with zero attached hydrogens (tertiary/aromatic N) is 1. The van der Waals surface area contributed by atoms with Crippen LogP contribution in [0.1, 0.15) is 39.1 Å². The van der Waals surface area contributed by atoms with Gasteiger partial charge in [0.25, 0.3) is 11.8 Å². The van der Waals surface area contributed by atoms with Gasteiger partial charge in [-0.3, -0.25) is 9.59 Å². The van der Waals surface area contributed by atoms with Gasteiger partial charge in [-0.1, -0.05) is 12.1 Å². The van der Waals surface area contributed by atoms with Crippen molar-refractivity contribution >= 4 is 29.5 Å². The number of aliphatic carboxylic acids is 1. The zero-order valence-electron chi connectivity index (χ0n) is 15.5. The number of benzene rings is 2. The van der Waals surface area contributed by atoms with E-state index in [1.165, 1.54) is 36.4 Å². The van der Waals surface area contributed by atoms with Crippen molar-refractivity contribution in [3.05, 3.63) is 65.2 Å². The van der Waals surface area contributed by atoms with Gasteiger partial charge in [-0.05, 0) is 48.4 Å². The van der Waals surface area contributed by atoms with Gasteiger partial charge in [0, 0.05) is 12.5 Å². The minimum Gasteiger partial charge on any atom is -0.494 e. The monoisotopic (exact) mass is 419 g/mol. The molecule has 1 heterocycles. The number of imide groups is 1. The van der Waals surface area contributed by atoms with Crippen LogP contribution in [0.5, 0.6) is 5.75 Å². The molecule has 2 aromatic rings. The molecule has 156 valence electrons. The summed E-state index contributed by atoms with van der Waals surface area (Å²) in [5.41, 5.74) is 1.15. The van der Waals surface area contributed by atoms with Crippen molar-refractivity contribution in [3.63, 3.8) is 0 Å². The normalized spacial score (nSPS) is 13.8. The molecule has 0 fully saturated rings. The van der Waals surface area contributed by atoms with Gasteiger partial charge in [0.05, 0.1) is 23.4 Å². The van der Waals surface area contributed by atoms with Crippen LogP contribution >= 0.6 is 0 Å². The average molecular weight is 419 g/mol. The number of carboxylic acids is 1. The number of ether oxygens (including phenoxy) is 1. The van der Waals surface area contributed by atoms with Gasteiger partial charge in [-0.15, -0.1) is 0 Å². The first-order valence-electron chi connectivity index (χ1n) is 8.89. The van der Waals surface area contributed by atoms with E-state index in [-0.39, 0.29) is 29.9 Å². The summed E-state index contributed by atoms with van der Waals surface area (Å²) in [5, 5.41) is 8.65. The molecule has 1 aliphatic rings. The highest BCUT2D eigenvalue weighted by Crippen LogP contribution is 2.31. The quantitative estimate of drug-likeness (QED) is 0.411. The maximum absolute atomic E-state index is 12.7. The molecule has 2 aromatic carbocycles. The van der Waals surface area contributed by atoms with Gasteiger partial charge in [-0.25, -0.2) is 9.69 Å². The van der Waals surface area contributed by atoms with E-state index in [1.807, 2.05) is 0 Å². The van der Waals surface area contributed by atoms with Crippen LogP contribution in [0.15, 0.2) is 48.5 Å². The van der Waals surface area contributed by atoms with Crippen LogP contribution in [-0.2, 0) is 4.79 Å². The van der Waals surface area contributed by atoms with Crippen molar-refractivity contribution in [2.45, 2.75) is 19.0 Å². The van der Waals surface area contributed by atoms with Crippen LogP contribution < -0.4 is 9.64 Å². The smallest absolute Gasteiger partial charge is 0.389 e. The van der Waals surface area contributed by atoms with Crippen molar-refractivity contribution in [1.82, 2.24) is 0 Å². The molecule has 0 saturated heterocycles. The molecule has 1 N–H and O–H groups in total. The van der Waals surface area contributed by atoms with Crippen molar-refractivity contribution < 1.29 is 37.4 Å². The maximum atomic E-state index is 12.7. The molecule has 0 unspecified atom stereocenters. The summed E-state index contributed by atoms with van der Waals surface area (Å²) in [6.07, 6.45) is -3.11. The lowest BCUT2D eigenvalue weighted by Crippen LogP contribution is -2.29. The first kappa shape index (κ1) is 21.1. The Morgan fingerprint density at radius 1 is 1.03 bits per heavy atom. The van der Waals surface area contributed by atoms with E-state index in [0.717, 1.165) is 11.0 Å². The zero-order chi connectivity index (χ0) is 21.9. The molecule has 0 atom stereocenters. The molecule has 9 heteroatoms. The molecule has 6 nitrogen and oxygen atoms in total. The van der Waals surface area contributed by atoms with Gasteiger partial charge in [0.2, 0.25) is 0 Å². The Bertz CT molecular complexity index is 1010. The number of hydrogen-bond acceptors (Lipinski definition) is 4. The van der Waals surface area contributed by atoms with Crippen LogP contribution in [0.4, 0.5) is 18.9 Å². The number of carbonyl (C=O) groups excluding carboxylic acids is 2. The number of anilines is 1. The van der Waals surface area contributed by atoms with Crippen molar-refractivity contribution in [3.8, 4) is 5.75 Å². The van der Waals surface area contributed by atoms with Crippen molar-refractivity contribution in [1.29, 1.82) is 0 Å². The van der Waals surface area contributed by atoms with E-state index in [0.29, 0.717) is 11.3 Å². The third-order valence-electron chi connectivity index (χ3n) is 4.30. The Morgan fingerprint density at radius 3 is 2.33 bits per heavy atom. The molecule has 0 aliphatic carbocycles. The minimum absolute atomic E-state index is 0.100. The summed E-state index contributed by atoms with van der Waals surface area (Å²) in [6.45, 7) is -0.171. The molecule has 2 amide bonds. The maximum Gasteiger partial charge on any atom is 0.389 e. The largest absolute Gasteiger partial charge is 0.494 e. The fourth-order valence-electron chi connectivity index (χ4n) is 2.91. The second-order valence-electron chi connectivity index (χ2n) is 6.48. The fraction of sp³-hybridized carbons (Fsp3) is 0.190. The molecule has 0 bridgehead atoms. The van der Waals surface area contributed by atoms with Crippen LogP contribution in [0.3, 0.4) is 0 Å². The van der Waals surface area contributed by atoms with E-state index >= 15 is 0 Å². The fourth-order valence-corrected chi connectivity index (χ4v) is 2.91. The van der Waals surface area contributed by atoms with Crippen molar-refractivity contribution in [2.24, 2.45) is 0 Å². The van der Waals surface area contributed by atoms with Gasteiger partial charge in [-0.2, -0.15) is 13.2 Å². The highest BCUT2D eigenvalue weighted by molar-refractivity contribution is 6.34. The number of amides is 2. The molecular weight excluding hydrogens is 403 g/mol. The Balaban J connectivity index is 1.72. The van der Waals surface area contributed by atoms with Gasteiger partial charge in [0.15, 0.2) is 0 Å². The Kier molecular flexibility index (Phi) is 5.91. The molecule has 0 saturated carbocycles. The van der Waals surface area contributed by atoms with E-state index < -0.39 is 30.4 Å². The number of rotatable bonds is 7. The molecule has 0 aromatic heterocycles. The predicted octanol–water partition coefficient (Wildman–Crippen LogP) is 4.31. The number of hydrogen-bond donors (Lipinski definition) is 1. The average Bonchev–Trinajstić information content (AvgIpc) is 2.93. The summed E-state index contributed by atoms with van der Waals surface area (Å²) in [7, 11) is 0. The summed E-state index contributed by atoms with van der Waals surface area (Å²) in [4.78, 5) is 36.9. The van der Waals surface area contributed by atoms with Gasteiger partial charge >= 0.3 is 12.1 Å². The summed E-state index contributed by atoms with van der Waals surface area (Å²) in [6, 6.07) is 10.3. The predicted molar refractivity (Wildman–Crippen MR) is 101 cm³/mol. The Labute approximate surface area is 169 Å². The van der Waals surface area contributed by atoms with Crippen molar-refractivity contribution in [2.75, 3.05) is 11.5 Å². The van der Waals surface area contributed by atoms with Crippen LogP contribution in [-0.4, -0.2) is 35.7 Å². The molecule has 0 radical (unpaired) electrons.